The summed E-state index contributed by atoms with van der Waals surface area (Å²) in [6.07, 6.45) is 0.893. The van der Waals surface area contributed by atoms with E-state index in [1.54, 1.807) is 6.92 Å². The van der Waals surface area contributed by atoms with E-state index in [1.165, 1.54) is 0 Å². The minimum absolute atomic E-state index is 0.124. The summed E-state index contributed by atoms with van der Waals surface area (Å²) in [5.41, 5.74) is 1.00. The molecule has 0 heterocycles. The van der Waals surface area contributed by atoms with Gasteiger partial charge in [0, 0.05) is 23.1 Å². The Morgan fingerprint density at radius 3 is 2.59 bits per heavy atom. The van der Waals surface area contributed by atoms with Crippen LogP contribution in [0.1, 0.15) is 25.8 Å². The number of hydrogen-bond acceptors (Lipinski definition) is 2. The van der Waals surface area contributed by atoms with Gasteiger partial charge in [-0.25, -0.2) is 0 Å². The van der Waals surface area contributed by atoms with Crippen LogP contribution < -0.4 is 5.32 Å². The van der Waals surface area contributed by atoms with Gasteiger partial charge in [-0.1, -0.05) is 37.3 Å². The van der Waals surface area contributed by atoms with Gasteiger partial charge < -0.3 is 5.32 Å². The molecule has 4 heteroatoms. The summed E-state index contributed by atoms with van der Waals surface area (Å²) in [5, 5.41) is 2.31. The van der Waals surface area contributed by atoms with Gasteiger partial charge in [0.1, 0.15) is 5.25 Å². The SMILES string of the molecule is CCCNC(=O)C(C)S(=O)Cc1ccccc1. The lowest BCUT2D eigenvalue weighted by molar-refractivity contribution is -0.120. The zero-order chi connectivity index (χ0) is 12.7. The van der Waals surface area contributed by atoms with E-state index in [0.29, 0.717) is 12.3 Å². The molecule has 1 N–H and O–H groups in total. The number of benzene rings is 1. The molecule has 0 spiro atoms. The Bertz CT molecular complexity index is 378. The first kappa shape index (κ1) is 13.9. The number of rotatable bonds is 6. The standard InChI is InChI=1S/C13H19NO2S/c1-3-9-14-13(15)11(2)17(16)10-12-7-5-4-6-8-12/h4-8,11H,3,9-10H2,1-2H3,(H,14,15). The zero-order valence-corrected chi connectivity index (χ0v) is 11.1. The molecule has 1 amide bonds. The monoisotopic (exact) mass is 253 g/mol. The lowest BCUT2D eigenvalue weighted by Gasteiger charge is -2.11. The number of hydrogen-bond donors (Lipinski definition) is 1. The molecule has 1 rings (SSSR count). The van der Waals surface area contributed by atoms with Crippen molar-refractivity contribution in [2.24, 2.45) is 0 Å². The second kappa shape index (κ2) is 7.22. The fourth-order valence-corrected chi connectivity index (χ4v) is 2.47. The van der Waals surface area contributed by atoms with Crippen molar-refractivity contribution in [3.63, 3.8) is 0 Å². The Hall–Kier alpha value is -1.16. The number of carbonyl (C=O) groups is 1. The van der Waals surface area contributed by atoms with Crippen LogP contribution in [0.2, 0.25) is 0 Å². The van der Waals surface area contributed by atoms with E-state index in [-0.39, 0.29) is 5.91 Å². The molecule has 0 fully saturated rings. The first-order valence-electron chi connectivity index (χ1n) is 5.84. The van der Waals surface area contributed by atoms with E-state index in [1.807, 2.05) is 37.3 Å². The highest BCUT2D eigenvalue weighted by Gasteiger charge is 2.19. The molecule has 3 nitrogen and oxygen atoms in total. The Morgan fingerprint density at radius 2 is 2.00 bits per heavy atom. The molecule has 0 aliphatic heterocycles. The maximum absolute atomic E-state index is 12.0. The highest BCUT2D eigenvalue weighted by Crippen LogP contribution is 2.07. The minimum Gasteiger partial charge on any atom is -0.355 e. The van der Waals surface area contributed by atoms with Crippen molar-refractivity contribution in [1.82, 2.24) is 5.32 Å². The van der Waals surface area contributed by atoms with Crippen molar-refractivity contribution in [2.45, 2.75) is 31.3 Å². The molecular weight excluding hydrogens is 234 g/mol. The van der Waals surface area contributed by atoms with Gasteiger partial charge in [-0.05, 0) is 18.9 Å². The van der Waals surface area contributed by atoms with Crippen molar-refractivity contribution in [3.8, 4) is 0 Å². The second-order valence-corrected chi connectivity index (χ2v) is 5.70. The molecule has 2 unspecified atom stereocenters. The van der Waals surface area contributed by atoms with Crippen LogP contribution in [0.5, 0.6) is 0 Å². The van der Waals surface area contributed by atoms with Crippen molar-refractivity contribution < 1.29 is 9.00 Å². The van der Waals surface area contributed by atoms with Crippen LogP contribution in [0, 0.1) is 0 Å². The molecule has 0 radical (unpaired) electrons. The molecule has 0 aliphatic carbocycles. The summed E-state index contributed by atoms with van der Waals surface area (Å²) in [7, 11) is -1.16. The van der Waals surface area contributed by atoms with E-state index in [4.69, 9.17) is 0 Å². The van der Waals surface area contributed by atoms with Gasteiger partial charge in [0.15, 0.2) is 0 Å². The largest absolute Gasteiger partial charge is 0.355 e. The third-order valence-electron chi connectivity index (χ3n) is 2.46. The molecular formula is C13H19NO2S. The predicted octanol–water partition coefficient (Wildman–Crippen LogP) is 1.85. The molecule has 0 saturated carbocycles. The van der Waals surface area contributed by atoms with Gasteiger partial charge in [-0.15, -0.1) is 0 Å². The quantitative estimate of drug-likeness (QED) is 0.841. The van der Waals surface area contributed by atoms with Crippen LogP contribution in [0.25, 0.3) is 0 Å². The summed E-state index contributed by atoms with van der Waals surface area (Å²) < 4.78 is 12.0. The van der Waals surface area contributed by atoms with E-state index in [9.17, 15) is 9.00 Å². The molecule has 0 saturated heterocycles. The summed E-state index contributed by atoms with van der Waals surface area (Å²) >= 11 is 0. The molecule has 0 bridgehead atoms. The predicted molar refractivity (Wildman–Crippen MR) is 71.1 cm³/mol. The minimum atomic E-state index is -1.16. The Morgan fingerprint density at radius 1 is 1.35 bits per heavy atom. The lowest BCUT2D eigenvalue weighted by atomic mass is 10.2. The van der Waals surface area contributed by atoms with E-state index < -0.39 is 16.0 Å². The van der Waals surface area contributed by atoms with Crippen LogP contribution in [0.15, 0.2) is 30.3 Å². The average molecular weight is 253 g/mol. The number of carbonyl (C=O) groups excluding carboxylic acids is 1. The van der Waals surface area contributed by atoms with Crippen molar-refractivity contribution in [3.05, 3.63) is 35.9 Å². The highest BCUT2D eigenvalue weighted by atomic mass is 32.2. The zero-order valence-electron chi connectivity index (χ0n) is 10.3. The molecule has 1 aromatic rings. The normalized spacial score (nSPS) is 14.0. The summed E-state index contributed by atoms with van der Waals surface area (Å²) in [4.78, 5) is 11.6. The fourth-order valence-electron chi connectivity index (χ4n) is 1.37. The molecule has 0 aromatic heterocycles. The van der Waals surface area contributed by atoms with Gasteiger partial charge in [-0.2, -0.15) is 0 Å². The fraction of sp³-hybridized carbons (Fsp3) is 0.462. The van der Waals surface area contributed by atoms with Crippen molar-refractivity contribution >= 4 is 16.7 Å². The number of nitrogens with one attached hydrogen (secondary N) is 1. The van der Waals surface area contributed by atoms with Gasteiger partial charge >= 0.3 is 0 Å². The van der Waals surface area contributed by atoms with Crippen LogP contribution in [-0.4, -0.2) is 21.9 Å². The van der Waals surface area contributed by atoms with E-state index in [0.717, 1.165) is 12.0 Å². The smallest absolute Gasteiger partial charge is 0.235 e. The maximum atomic E-state index is 12.0. The lowest BCUT2D eigenvalue weighted by Crippen LogP contribution is -2.36. The molecule has 17 heavy (non-hydrogen) atoms. The molecule has 0 aliphatic rings. The molecule has 94 valence electrons. The van der Waals surface area contributed by atoms with Crippen LogP contribution >= 0.6 is 0 Å². The molecule has 1 aromatic carbocycles. The van der Waals surface area contributed by atoms with Gasteiger partial charge in [0.25, 0.3) is 0 Å². The summed E-state index contributed by atoms with van der Waals surface area (Å²) in [6, 6.07) is 9.59. The van der Waals surface area contributed by atoms with Gasteiger partial charge in [0.05, 0.1) is 0 Å². The first-order valence-corrected chi connectivity index (χ1v) is 7.22. The van der Waals surface area contributed by atoms with Gasteiger partial charge in [-0.3, -0.25) is 9.00 Å². The summed E-state index contributed by atoms with van der Waals surface area (Å²) in [6.45, 7) is 4.35. The Balaban J connectivity index is 2.50. The van der Waals surface area contributed by atoms with Crippen LogP contribution in [0.4, 0.5) is 0 Å². The first-order chi connectivity index (χ1) is 8.15. The maximum Gasteiger partial charge on any atom is 0.235 e. The number of amides is 1. The van der Waals surface area contributed by atoms with Crippen molar-refractivity contribution in [2.75, 3.05) is 6.54 Å². The van der Waals surface area contributed by atoms with Gasteiger partial charge in [0.2, 0.25) is 5.91 Å². The third kappa shape index (κ3) is 4.69. The van der Waals surface area contributed by atoms with Crippen LogP contribution in [0.3, 0.4) is 0 Å². The molecule has 2 atom stereocenters. The highest BCUT2D eigenvalue weighted by molar-refractivity contribution is 7.85. The summed E-state index contributed by atoms with van der Waals surface area (Å²) in [5.74, 6) is 0.308. The van der Waals surface area contributed by atoms with Crippen LogP contribution in [-0.2, 0) is 21.3 Å². The van der Waals surface area contributed by atoms with E-state index >= 15 is 0 Å². The van der Waals surface area contributed by atoms with Crippen molar-refractivity contribution in [1.29, 1.82) is 0 Å². The average Bonchev–Trinajstić information content (AvgIpc) is 2.36. The Labute approximate surface area is 105 Å². The second-order valence-electron chi connectivity index (χ2n) is 3.94. The third-order valence-corrected chi connectivity index (χ3v) is 4.09. The Kier molecular flexibility index (Phi) is 5.91. The van der Waals surface area contributed by atoms with E-state index in [2.05, 4.69) is 5.32 Å². The topological polar surface area (TPSA) is 46.2 Å².